The summed E-state index contributed by atoms with van der Waals surface area (Å²) in [5.41, 5.74) is -0.153. The van der Waals surface area contributed by atoms with E-state index in [1.807, 2.05) is 0 Å². The molecule has 2 rings (SSSR count). The molecular formula is C15H10F3O. The van der Waals surface area contributed by atoms with Gasteiger partial charge in [0.25, 0.3) is 0 Å². The summed E-state index contributed by atoms with van der Waals surface area (Å²) in [7, 11) is 0. The highest BCUT2D eigenvalue weighted by Crippen LogP contribution is 2.29. The molecule has 97 valence electrons. The molecule has 1 aliphatic carbocycles. The van der Waals surface area contributed by atoms with Crippen LogP contribution < -0.4 is 0 Å². The van der Waals surface area contributed by atoms with Gasteiger partial charge in [-0.1, -0.05) is 18.2 Å². The van der Waals surface area contributed by atoms with Gasteiger partial charge in [-0.2, -0.15) is 13.2 Å². The molecule has 0 spiro atoms. The lowest BCUT2D eigenvalue weighted by Crippen LogP contribution is -2.05. The van der Waals surface area contributed by atoms with Crippen molar-refractivity contribution in [3.05, 3.63) is 73.1 Å². The standard InChI is InChI=1S/C15H10F3O/c16-15(17,18)13-8-5-11(6-9-13)7-10-14(19)12-3-1-2-4-12/h1-10H/b10-7+. The summed E-state index contributed by atoms with van der Waals surface area (Å²) < 4.78 is 37.0. The van der Waals surface area contributed by atoms with Gasteiger partial charge in [-0.3, -0.25) is 4.79 Å². The van der Waals surface area contributed by atoms with Crippen molar-refractivity contribution in [1.29, 1.82) is 0 Å². The number of ketones is 1. The molecular weight excluding hydrogens is 253 g/mol. The zero-order valence-electron chi connectivity index (χ0n) is 9.82. The van der Waals surface area contributed by atoms with Crippen molar-refractivity contribution in [1.82, 2.24) is 0 Å². The first-order valence-corrected chi connectivity index (χ1v) is 5.58. The monoisotopic (exact) mass is 263 g/mol. The summed E-state index contributed by atoms with van der Waals surface area (Å²) in [5.74, 6) is 0.382. The molecule has 1 saturated carbocycles. The Morgan fingerprint density at radius 2 is 1.58 bits per heavy atom. The SMILES string of the molecule is O=C(/C=C/c1ccc(C(F)(F)F)cc1)[C]1[CH][CH][CH][CH]1. The van der Waals surface area contributed by atoms with Gasteiger partial charge >= 0.3 is 6.18 Å². The minimum Gasteiger partial charge on any atom is -0.294 e. The van der Waals surface area contributed by atoms with Gasteiger partial charge in [-0.15, -0.1) is 0 Å². The lowest BCUT2D eigenvalue weighted by Gasteiger charge is -2.06. The highest BCUT2D eigenvalue weighted by atomic mass is 19.4. The number of halogens is 3. The molecule has 0 bridgehead atoms. The van der Waals surface area contributed by atoms with E-state index in [2.05, 4.69) is 0 Å². The van der Waals surface area contributed by atoms with E-state index < -0.39 is 11.7 Å². The van der Waals surface area contributed by atoms with E-state index >= 15 is 0 Å². The molecule has 0 saturated heterocycles. The molecule has 0 amide bonds. The molecule has 0 atom stereocenters. The lowest BCUT2D eigenvalue weighted by atomic mass is 10.0. The van der Waals surface area contributed by atoms with Crippen LogP contribution in [0.1, 0.15) is 11.1 Å². The molecule has 5 radical (unpaired) electrons. The van der Waals surface area contributed by atoms with Crippen molar-refractivity contribution in [3.63, 3.8) is 0 Å². The molecule has 0 aliphatic heterocycles. The molecule has 1 fully saturated rings. The van der Waals surface area contributed by atoms with E-state index in [0.29, 0.717) is 11.5 Å². The van der Waals surface area contributed by atoms with Crippen molar-refractivity contribution in [2.24, 2.45) is 0 Å². The van der Waals surface area contributed by atoms with Crippen LogP contribution in [0, 0.1) is 31.6 Å². The van der Waals surface area contributed by atoms with E-state index in [-0.39, 0.29) is 5.78 Å². The lowest BCUT2D eigenvalue weighted by molar-refractivity contribution is -0.137. The van der Waals surface area contributed by atoms with Crippen molar-refractivity contribution in [2.45, 2.75) is 6.18 Å². The molecule has 4 heteroatoms. The molecule has 0 N–H and O–H groups in total. The maximum Gasteiger partial charge on any atom is 0.416 e. The Morgan fingerprint density at radius 1 is 1.00 bits per heavy atom. The van der Waals surface area contributed by atoms with Crippen molar-refractivity contribution in [2.75, 3.05) is 0 Å². The van der Waals surface area contributed by atoms with Crippen LogP contribution in [0.4, 0.5) is 13.2 Å². The number of carbonyl (C=O) groups excluding carboxylic acids is 1. The predicted molar refractivity (Wildman–Crippen MR) is 65.9 cm³/mol. The normalized spacial score (nSPS) is 17.2. The van der Waals surface area contributed by atoms with Gasteiger partial charge in [0.1, 0.15) is 0 Å². The maximum absolute atomic E-state index is 12.3. The zero-order valence-corrected chi connectivity index (χ0v) is 9.82. The first-order valence-electron chi connectivity index (χ1n) is 5.58. The Kier molecular flexibility index (Phi) is 4.08. The summed E-state index contributed by atoms with van der Waals surface area (Å²) in [6.45, 7) is 0. The van der Waals surface area contributed by atoms with Gasteiger partial charge in [-0.05, 0) is 49.5 Å². The minimum absolute atomic E-state index is 0.176. The van der Waals surface area contributed by atoms with E-state index in [1.165, 1.54) is 24.3 Å². The fourth-order valence-corrected chi connectivity index (χ4v) is 1.59. The van der Waals surface area contributed by atoms with Crippen LogP contribution in [0.15, 0.2) is 30.3 Å². The van der Waals surface area contributed by atoms with Gasteiger partial charge in [-0.25, -0.2) is 0 Å². The third kappa shape index (κ3) is 3.69. The van der Waals surface area contributed by atoms with E-state index in [0.717, 1.165) is 12.1 Å². The number of hydrogen-bond acceptors (Lipinski definition) is 1. The fraction of sp³-hybridized carbons (Fsp3) is 0.0667. The van der Waals surface area contributed by atoms with E-state index in [9.17, 15) is 18.0 Å². The number of benzene rings is 1. The zero-order chi connectivity index (χ0) is 13.9. The molecule has 0 heterocycles. The molecule has 1 nitrogen and oxygen atoms in total. The van der Waals surface area contributed by atoms with Crippen molar-refractivity contribution in [3.8, 4) is 0 Å². The number of allylic oxidation sites excluding steroid dienone is 1. The number of rotatable bonds is 3. The second-order valence-corrected chi connectivity index (χ2v) is 3.99. The average Bonchev–Trinajstić information content (AvgIpc) is 2.89. The Bertz CT molecular complexity index is 465. The highest BCUT2D eigenvalue weighted by molar-refractivity contribution is 6.07. The van der Waals surface area contributed by atoms with Crippen LogP contribution in [0.3, 0.4) is 0 Å². The first-order chi connectivity index (χ1) is 8.97. The third-order valence-corrected chi connectivity index (χ3v) is 2.61. The summed E-state index contributed by atoms with van der Waals surface area (Å²) >= 11 is 0. The Morgan fingerprint density at radius 3 is 2.11 bits per heavy atom. The van der Waals surface area contributed by atoms with E-state index in [1.54, 1.807) is 25.7 Å². The van der Waals surface area contributed by atoms with Crippen LogP contribution >= 0.6 is 0 Å². The molecule has 0 unspecified atom stereocenters. The van der Waals surface area contributed by atoms with Crippen LogP contribution in [0.25, 0.3) is 6.08 Å². The molecule has 1 aromatic rings. The molecule has 1 aromatic carbocycles. The third-order valence-electron chi connectivity index (χ3n) is 2.61. The summed E-state index contributed by atoms with van der Waals surface area (Å²) in [6, 6.07) is 4.65. The molecule has 1 aliphatic rings. The second kappa shape index (κ2) is 5.59. The highest BCUT2D eigenvalue weighted by Gasteiger charge is 2.29. The van der Waals surface area contributed by atoms with Gasteiger partial charge in [0.2, 0.25) is 0 Å². The smallest absolute Gasteiger partial charge is 0.294 e. The number of alkyl halides is 3. The number of carbonyl (C=O) groups is 1. The summed E-state index contributed by atoms with van der Waals surface area (Å²) in [6.07, 6.45) is 5.36. The Balaban J connectivity index is 2.01. The average molecular weight is 263 g/mol. The van der Waals surface area contributed by atoms with Crippen LogP contribution in [0.5, 0.6) is 0 Å². The van der Waals surface area contributed by atoms with Crippen LogP contribution in [0.2, 0.25) is 0 Å². The Labute approximate surface area is 110 Å². The van der Waals surface area contributed by atoms with Gasteiger partial charge in [0.15, 0.2) is 5.78 Å². The van der Waals surface area contributed by atoms with Gasteiger partial charge < -0.3 is 0 Å². The van der Waals surface area contributed by atoms with Crippen LogP contribution in [-0.2, 0) is 11.0 Å². The largest absolute Gasteiger partial charge is 0.416 e. The topological polar surface area (TPSA) is 17.1 Å². The Hall–Kier alpha value is -1.58. The fourth-order valence-electron chi connectivity index (χ4n) is 1.59. The summed E-state index contributed by atoms with van der Waals surface area (Å²) in [4.78, 5) is 11.6. The van der Waals surface area contributed by atoms with Crippen molar-refractivity contribution < 1.29 is 18.0 Å². The van der Waals surface area contributed by atoms with E-state index in [4.69, 9.17) is 0 Å². The molecule has 19 heavy (non-hydrogen) atoms. The molecule has 0 aromatic heterocycles. The first kappa shape index (κ1) is 13.8. The minimum atomic E-state index is -4.34. The van der Waals surface area contributed by atoms with Gasteiger partial charge in [0.05, 0.1) is 11.5 Å². The summed E-state index contributed by atoms with van der Waals surface area (Å²) in [5, 5.41) is 0. The van der Waals surface area contributed by atoms with Crippen molar-refractivity contribution >= 4 is 11.9 Å². The maximum atomic E-state index is 12.3. The number of hydrogen-bond donors (Lipinski definition) is 0. The van der Waals surface area contributed by atoms with Gasteiger partial charge in [0, 0.05) is 0 Å². The second-order valence-electron chi connectivity index (χ2n) is 3.99. The predicted octanol–water partition coefficient (Wildman–Crippen LogP) is 3.69. The quantitative estimate of drug-likeness (QED) is 0.760. The van der Waals surface area contributed by atoms with Crippen LogP contribution in [-0.4, -0.2) is 5.78 Å².